The normalized spacial score (nSPS) is 10.2. The van der Waals surface area contributed by atoms with Gasteiger partial charge in [-0.1, -0.05) is 60.7 Å². The van der Waals surface area contributed by atoms with Crippen LogP contribution in [0.1, 0.15) is 31.8 Å². The lowest BCUT2D eigenvalue weighted by Gasteiger charge is -2.10. The summed E-state index contributed by atoms with van der Waals surface area (Å²) in [7, 11) is 1.60. The number of para-hydroxylation sites is 1. The Morgan fingerprint density at radius 1 is 0.769 bits per heavy atom. The summed E-state index contributed by atoms with van der Waals surface area (Å²) in [6.45, 7) is 0.369. The van der Waals surface area contributed by atoms with E-state index >= 15 is 0 Å². The van der Waals surface area contributed by atoms with E-state index in [1.54, 1.807) is 43.5 Å². The molecule has 3 rings (SSSR count). The first kappa shape index (κ1) is 17.4. The highest BCUT2D eigenvalue weighted by Crippen LogP contribution is 2.17. The van der Waals surface area contributed by atoms with Crippen LogP contribution < -0.4 is 10.1 Å². The SMILES string of the molecule is COc1ccccc1CNC(=O)c1ccc(C(=O)c2ccccc2)cc1. The third-order valence-corrected chi connectivity index (χ3v) is 4.08. The molecule has 1 N–H and O–H groups in total. The van der Waals surface area contributed by atoms with Crippen LogP contribution in [-0.4, -0.2) is 18.8 Å². The molecule has 0 bridgehead atoms. The molecule has 1 amide bonds. The van der Waals surface area contributed by atoms with E-state index in [4.69, 9.17) is 4.74 Å². The van der Waals surface area contributed by atoms with E-state index in [-0.39, 0.29) is 11.7 Å². The van der Waals surface area contributed by atoms with Crippen LogP contribution in [0, 0.1) is 0 Å². The summed E-state index contributed by atoms with van der Waals surface area (Å²) in [5.41, 5.74) is 2.59. The Hall–Kier alpha value is -3.40. The number of carbonyl (C=O) groups excluding carboxylic acids is 2. The molecule has 0 fully saturated rings. The molecule has 26 heavy (non-hydrogen) atoms. The number of ketones is 1. The molecule has 0 heterocycles. The molecule has 0 radical (unpaired) electrons. The first-order valence-corrected chi connectivity index (χ1v) is 8.29. The summed E-state index contributed by atoms with van der Waals surface area (Å²) >= 11 is 0. The van der Waals surface area contributed by atoms with E-state index in [9.17, 15) is 9.59 Å². The number of benzene rings is 3. The van der Waals surface area contributed by atoms with Crippen LogP contribution in [0.3, 0.4) is 0 Å². The Kier molecular flexibility index (Phi) is 5.44. The summed E-state index contributed by atoms with van der Waals surface area (Å²) in [6.07, 6.45) is 0. The highest BCUT2D eigenvalue weighted by Gasteiger charge is 2.11. The minimum absolute atomic E-state index is 0.0634. The molecular formula is C22H19NO3. The molecule has 4 nitrogen and oxygen atoms in total. The lowest BCUT2D eigenvalue weighted by atomic mass is 10.0. The van der Waals surface area contributed by atoms with Gasteiger partial charge in [-0.05, 0) is 18.2 Å². The highest BCUT2D eigenvalue weighted by atomic mass is 16.5. The zero-order chi connectivity index (χ0) is 18.4. The number of hydrogen-bond donors (Lipinski definition) is 1. The minimum atomic E-state index is -0.199. The quantitative estimate of drug-likeness (QED) is 0.690. The Balaban J connectivity index is 1.66. The van der Waals surface area contributed by atoms with Crippen LogP contribution in [0.2, 0.25) is 0 Å². The Morgan fingerprint density at radius 2 is 1.35 bits per heavy atom. The molecule has 0 atom stereocenters. The fourth-order valence-corrected chi connectivity index (χ4v) is 2.66. The number of methoxy groups -OCH3 is 1. The molecule has 0 saturated heterocycles. The van der Waals surface area contributed by atoms with Gasteiger partial charge in [-0.15, -0.1) is 0 Å². The van der Waals surface area contributed by atoms with Gasteiger partial charge in [0.1, 0.15) is 5.75 Å². The van der Waals surface area contributed by atoms with Gasteiger partial charge in [0, 0.05) is 28.8 Å². The van der Waals surface area contributed by atoms with Crippen molar-refractivity contribution < 1.29 is 14.3 Å². The second-order valence-electron chi connectivity index (χ2n) is 5.77. The maximum atomic E-state index is 12.4. The Bertz CT molecular complexity index is 902. The molecule has 0 aliphatic rings. The molecule has 3 aromatic rings. The second-order valence-corrected chi connectivity index (χ2v) is 5.77. The van der Waals surface area contributed by atoms with Gasteiger partial charge < -0.3 is 10.1 Å². The predicted octanol–water partition coefficient (Wildman–Crippen LogP) is 3.86. The van der Waals surface area contributed by atoms with Gasteiger partial charge in [0.05, 0.1) is 7.11 Å². The van der Waals surface area contributed by atoms with Crippen molar-refractivity contribution in [3.63, 3.8) is 0 Å². The van der Waals surface area contributed by atoms with Crippen LogP contribution in [0.5, 0.6) is 5.75 Å². The topological polar surface area (TPSA) is 55.4 Å². The molecule has 0 aromatic heterocycles. The highest BCUT2D eigenvalue weighted by molar-refractivity contribution is 6.09. The van der Waals surface area contributed by atoms with Gasteiger partial charge in [-0.3, -0.25) is 9.59 Å². The average molecular weight is 345 g/mol. The summed E-state index contributed by atoms with van der Waals surface area (Å²) in [5, 5.41) is 2.87. The number of nitrogens with one attached hydrogen (secondary N) is 1. The molecule has 130 valence electrons. The third kappa shape index (κ3) is 3.98. The number of amides is 1. The molecular weight excluding hydrogens is 326 g/mol. The fraction of sp³-hybridized carbons (Fsp3) is 0.0909. The smallest absolute Gasteiger partial charge is 0.251 e. The van der Waals surface area contributed by atoms with Crippen molar-refractivity contribution in [1.29, 1.82) is 0 Å². The Morgan fingerprint density at radius 3 is 2.04 bits per heavy atom. The van der Waals surface area contributed by atoms with Crippen molar-refractivity contribution in [1.82, 2.24) is 5.32 Å². The lowest BCUT2D eigenvalue weighted by molar-refractivity contribution is 0.0949. The van der Waals surface area contributed by atoms with Crippen molar-refractivity contribution in [3.8, 4) is 5.75 Å². The molecule has 0 aliphatic carbocycles. The molecule has 0 unspecified atom stereocenters. The van der Waals surface area contributed by atoms with Crippen molar-refractivity contribution in [2.24, 2.45) is 0 Å². The summed E-state index contributed by atoms with van der Waals surface area (Å²) in [5.74, 6) is 0.470. The van der Waals surface area contributed by atoms with E-state index in [0.29, 0.717) is 23.2 Å². The monoisotopic (exact) mass is 345 g/mol. The van der Waals surface area contributed by atoms with Gasteiger partial charge in [-0.2, -0.15) is 0 Å². The van der Waals surface area contributed by atoms with Gasteiger partial charge in [-0.25, -0.2) is 0 Å². The van der Waals surface area contributed by atoms with Gasteiger partial charge in [0.15, 0.2) is 5.78 Å². The summed E-state index contributed by atoms with van der Waals surface area (Å²) < 4.78 is 5.28. The predicted molar refractivity (Wildman–Crippen MR) is 100 cm³/mol. The molecule has 0 saturated carbocycles. The van der Waals surface area contributed by atoms with E-state index in [1.165, 1.54) is 0 Å². The number of carbonyl (C=O) groups is 2. The van der Waals surface area contributed by atoms with E-state index in [1.807, 2.05) is 42.5 Å². The first-order chi connectivity index (χ1) is 12.7. The first-order valence-electron chi connectivity index (χ1n) is 8.29. The Labute approximate surface area is 152 Å². The van der Waals surface area contributed by atoms with Crippen molar-refractivity contribution >= 4 is 11.7 Å². The van der Waals surface area contributed by atoms with Gasteiger partial charge in [0.2, 0.25) is 0 Å². The van der Waals surface area contributed by atoms with E-state index in [0.717, 1.165) is 11.3 Å². The van der Waals surface area contributed by atoms with Gasteiger partial charge in [0.25, 0.3) is 5.91 Å². The second kappa shape index (κ2) is 8.12. The average Bonchev–Trinajstić information content (AvgIpc) is 2.72. The molecule has 0 spiro atoms. The fourth-order valence-electron chi connectivity index (χ4n) is 2.66. The number of hydrogen-bond acceptors (Lipinski definition) is 3. The van der Waals surface area contributed by atoms with E-state index in [2.05, 4.69) is 5.32 Å². The van der Waals surface area contributed by atoms with Crippen LogP contribution in [0.25, 0.3) is 0 Å². The summed E-state index contributed by atoms with van der Waals surface area (Å²) in [6, 6.07) is 23.3. The maximum absolute atomic E-state index is 12.4. The summed E-state index contributed by atoms with van der Waals surface area (Å²) in [4.78, 5) is 24.7. The minimum Gasteiger partial charge on any atom is -0.496 e. The van der Waals surface area contributed by atoms with Crippen LogP contribution >= 0.6 is 0 Å². The molecule has 4 heteroatoms. The van der Waals surface area contributed by atoms with Crippen LogP contribution in [0.4, 0.5) is 0 Å². The molecule has 0 aliphatic heterocycles. The van der Waals surface area contributed by atoms with Crippen molar-refractivity contribution in [2.75, 3.05) is 7.11 Å². The standard InChI is InChI=1S/C22H19NO3/c1-26-20-10-6-5-9-19(20)15-23-22(25)18-13-11-17(12-14-18)21(24)16-7-3-2-4-8-16/h2-14H,15H2,1H3,(H,23,25). The van der Waals surface area contributed by atoms with Crippen LogP contribution in [0.15, 0.2) is 78.9 Å². The third-order valence-electron chi connectivity index (χ3n) is 4.08. The number of ether oxygens (including phenoxy) is 1. The van der Waals surface area contributed by atoms with E-state index < -0.39 is 0 Å². The van der Waals surface area contributed by atoms with Gasteiger partial charge >= 0.3 is 0 Å². The van der Waals surface area contributed by atoms with Crippen molar-refractivity contribution in [3.05, 3.63) is 101 Å². The zero-order valence-corrected chi connectivity index (χ0v) is 14.4. The lowest BCUT2D eigenvalue weighted by Crippen LogP contribution is -2.23. The largest absolute Gasteiger partial charge is 0.496 e. The number of rotatable bonds is 6. The maximum Gasteiger partial charge on any atom is 0.251 e. The van der Waals surface area contributed by atoms with Crippen molar-refractivity contribution in [2.45, 2.75) is 6.54 Å². The zero-order valence-electron chi connectivity index (χ0n) is 14.4. The van der Waals surface area contributed by atoms with Crippen LogP contribution in [-0.2, 0) is 6.54 Å². The molecule has 3 aromatic carbocycles.